The van der Waals surface area contributed by atoms with Gasteiger partial charge in [-0.25, -0.2) is 19.3 Å². The number of carbonyl (C=O) groups excluding carboxylic acids is 4. The molecule has 2 aromatic rings. The molecule has 0 spiro atoms. The van der Waals surface area contributed by atoms with Crippen LogP contribution in [0.15, 0.2) is 54.6 Å². The van der Waals surface area contributed by atoms with Crippen LogP contribution >= 0.6 is 0 Å². The molecule has 0 bridgehead atoms. The number of amides is 4. The zero-order chi connectivity index (χ0) is 28.8. The fourth-order valence-corrected chi connectivity index (χ4v) is 3.72. The number of nitrogens with zero attached hydrogens (tertiary/aromatic N) is 1. The van der Waals surface area contributed by atoms with Gasteiger partial charge in [-0.05, 0) is 77.3 Å². The summed E-state index contributed by atoms with van der Waals surface area (Å²) in [5.41, 5.74) is 0.538. The van der Waals surface area contributed by atoms with Gasteiger partial charge in [-0.3, -0.25) is 15.4 Å². The summed E-state index contributed by atoms with van der Waals surface area (Å²) in [5.74, 6) is -0.531. The number of hydrogen-bond acceptors (Lipinski definition) is 7. The Kier molecular flexibility index (Phi) is 9.00. The van der Waals surface area contributed by atoms with Crippen LogP contribution in [0.3, 0.4) is 0 Å². The Bertz CT molecular complexity index is 1240. The highest BCUT2D eigenvalue weighted by molar-refractivity contribution is 6.02. The number of benzene rings is 2. The van der Waals surface area contributed by atoms with Gasteiger partial charge in [0.1, 0.15) is 17.8 Å². The van der Waals surface area contributed by atoms with Crippen molar-refractivity contribution < 1.29 is 33.4 Å². The lowest BCUT2D eigenvalue weighted by molar-refractivity contribution is -0.124. The van der Waals surface area contributed by atoms with Crippen molar-refractivity contribution in [1.29, 1.82) is 0 Å². The van der Waals surface area contributed by atoms with Crippen LogP contribution in [0, 0.1) is 0 Å². The van der Waals surface area contributed by atoms with Crippen LogP contribution in [0.25, 0.3) is 6.08 Å². The molecule has 0 unspecified atom stereocenters. The second kappa shape index (κ2) is 12.0. The second-order valence-electron chi connectivity index (χ2n) is 11.0. The molecule has 2 aromatic carbocycles. The zero-order valence-corrected chi connectivity index (χ0v) is 23.1. The highest BCUT2D eigenvalue weighted by atomic mass is 16.6. The average molecular weight is 538 g/mol. The van der Waals surface area contributed by atoms with Gasteiger partial charge in [-0.1, -0.05) is 36.4 Å². The average Bonchev–Trinajstić information content (AvgIpc) is 3.17. The third-order valence-corrected chi connectivity index (χ3v) is 5.25. The molecule has 4 amide bonds. The van der Waals surface area contributed by atoms with Gasteiger partial charge >= 0.3 is 18.3 Å². The molecule has 3 rings (SSSR count). The normalized spacial score (nSPS) is 15.6. The quantitative estimate of drug-likeness (QED) is 0.343. The predicted molar refractivity (Wildman–Crippen MR) is 147 cm³/mol. The molecule has 39 heavy (non-hydrogen) atoms. The first-order valence-corrected chi connectivity index (χ1v) is 12.6. The summed E-state index contributed by atoms with van der Waals surface area (Å²) in [5, 5.41) is 5.24. The Labute approximate surface area is 228 Å². The summed E-state index contributed by atoms with van der Waals surface area (Å²) in [4.78, 5) is 51.2. The molecule has 1 aliphatic heterocycles. The van der Waals surface area contributed by atoms with Crippen molar-refractivity contribution >= 4 is 41.6 Å². The van der Waals surface area contributed by atoms with Crippen molar-refractivity contribution in [2.45, 2.75) is 65.2 Å². The van der Waals surface area contributed by atoms with E-state index >= 15 is 0 Å². The van der Waals surface area contributed by atoms with Gasteiger partial charge in [-0.15, -0.1) is 0 Å². The summed E-state index contributed by atoms with van der Waals surface area (Å²) >= 11 is 0. The lowest BCUT2D eigenvalue weighted by Gasteiger charge is -2.22. The van der Waals surface area contributed by atoms with Crippen molar-refractivity contribution in [2.75, 3.05) is 17.2 Å². The molecule has 10 heteroatoms. The second-order valence-corrected chi connectivity index (χ2v) is 11.0. The zero-order valence-electron chi connectivity index (χ0n) is 23.1. The molecule has 208 valence electrons. The van der Waals surface area contributed by atoms with Crippen molar-refractivity contribution in [1.82, 2.24) is 4.90 Å². The molecule has 0 aromatic heterocycles. The number of imide groups is 1. The maximum Gasteiger partial charge on any atom is 0.417 e. The number of rotatable bonds is 6. The first-order chi connectivity index (χ1) is 18.2. The van der Waals surface area contributed by atoms with Gasteiger partial charge in [0.25, 0.3) is 5.91 Å². The molecule has 1 aliphatic rings. The highest BCUT2D eigenvalue weighted by Crippen LogP contribution is 2.26. The molecule has 0 aliphatic carbocycles. The van der Waals surface area contributed by atoms with E-state index in [1.807, 2.05) is 30.3 Å². The Balaban J connectivity index is 1.80. The van der Waals surface area contributed by atoms with Crippen molar-refractivity contribution in [3.63, 3.8) is 0 Å². The van der Waals surface area contributed by atoms with Crippen molar-refractivity contribution in [3.05, 3.63) is 65.7 Å². The summed E-state index contributed by atoms with van der Waals surface area (Å²) in [6.07, 6.45) is 1.11. The van der Waals surface area contributed by atoms with Gasteiger partial charge in [0.15, 0.2) is 0 Å². The minimum absolute atomic E-state index is 0.113. The fraction of sp³-hybridized carbons (Fsp3) is 0.379. The third-order valence-electron chi connectivity index (χ3n) is 5.25. The van der Waals surface area contributed by atoms with Crippen LogP contribution in [0.2, 0.25) is 0 Å². The van der Waals surface area contributed by atoms with Gasteiger partial charge < -0.3 is 14.2 Å². The summed E-state index contributed by atoms with van der Waals surface area (Å²) in [6, 6.07) is 13.9. The lowest BCUT2D eigenvalue weighted by atomic mass is 10.1. The van der Waals surface area contributed by atoms with Crippen LogP contribution in [0.5, 0.6) is 0 Å². The third kappa shape index (κ3) is 9.17. The monoisotopic (exact) mass is 537 g/mol. The largest absolute Gasteiger partial charge is 0.447 e. The van der Waals surface area contributed by atoms with E-state index in [1.165, 1.54) is 12.2 Å². The number of anilines is 2. The smallest absolute Gasteiger partial charge is 0.417 e. The highest BCUT2D eigenvalue weighted by Gasteiger charge is 2.36. The number of nitrogens with one attached hydrogen (secondary N) is 2. The summed E-state index contributed by atoms with van der Waals surface area (Å²) in [7, 11) is 0. The Hall–Kier alpha value is -4.34. The van der Waals surface area contributed by atoms with E-state index in [-0.39, 0.29) is 18.0 Å². The van der Waals surface area contributed by atoms with Crippen LogP contribution in [0.4, 0.5) is 25.8 Å². The SMILES string of the molecule is CC(C)(C)OC(=O)Nc1ccc(/C=C/C(=O)N2C(=O)OC[C@H]2Cc2ccccc2)cc1NC(=O)OC(C)(C)C. The topological polar surface area (TPSA) is 123 Å². The van der Waals surface area contributed by atoms with E-state index in [0.29, 0.717) is 12.0 Å². The molecule has 0 saturated carbocycles. The molecule has 10 nitrogen and oxygen atoms in total. The number of cyclic esters (lactones) is 1. The molecule has 1 saturated heterocycles. The minimum Gasteiger partial charge on any atom is -0.447 e. The van der Waals surface area contributed by atoms with Gasteiger partial charge in [-0.2, -0.15) is 0 Å². The van der Waals surface area contributed by atoms with Crippen LogP contribution < -0.4 is 10.6 Å². The van der Waals surface area contributed by atoms with Crippen LogP contribution in [-0.2, 0) is 25.4 Å². The maximum atomic E-state index is 13.0. The molecule has 1 fully saturated rings. The van der Waals surface area contributed by atoms with E-state index in [9.17, 15) is 19.2 Å². The first-order valence-electron chi connectivity index (χ1n) is 12.6. The molecule has 1 atom stereocenters. The van der Waals surface area contributed by atoms with E-state index in [4.69, 9.17) is 14.2 Å². The Morgan fingerprint density at radius 1 is 0.923 bits per heavy atom. The Morgan fingerprint density at radius 3 is 2.10 bits per heavy atom. The van der Waals surface area contributed by atoms with E-state index < -0.39 is 41.4 Å². The predicted octanol–water partition coefficient (Wildman–Crippen LogP) is 5.98. The number of hydrogen-bond donors (Lipinski definition) is 2. The van der Waals surface area contributed by atoms with Gasteiger partial charge in [0, 0.05) is 6.08 Å². The number of carbonyl (C=O) groups is 4. The van der Waals surface area contributed by atoms with Crippen molar-refractivity contribution in [3.8, 4) is 0 Å². The molecular formula is C29H35N3O7. The molecular weight excluding hydrogens is 502 g/mol. The van der Waals surface area contributed by atoms with Gasteiger partial charge in [0.2, 0.25) is 0 Å². The molecule has 0 radical (unpaired) electrons. The summed E-state index contributed by atoms with van der Waals surface area (Å²) in [6.45, 7) is 10.5. The Morgan fingerprint density at radius 2 is 1.51 bits per heavy atom. The molecule has 1 heterocycles. The van der Waals surface area contributed by atoms with Gasteiger partial charge in [0.05, 0.1) is 17.4 Å². The van der Waals surface area contributed by atoms with Crippen molar-refractivity contribution in [2.24, 2.45) is 0 Å². The van der Waals surface area contributed by atoms with E-state index in [1.54, 1.807) is 59.7 Å². The first kappa shape index (κ1) is 29.2. The minimum atomic E-state index is -0.743. The summed E-state index contributed by atoms with van der Waals surface area (Å²) < 4.78 is 15.8. The van der Waals surface area contributed by atoms with E-state index in [0.717, 1.165) is 10.5 Å². The number of ether oxygens (including phenoxy) is 3. The van der Waals surface area contributed by atoms with Crippen LogP contribution in [-0.4, -0.2) is 52.9 Å². The van der Waals surface area contributed by atoms with E-state index in [2.05, 4.69) is 10.6 Å². The maximum absolute atomic E-state index is 13.0. The lowest BCUT2D eigenvalue weighted by Crippen LogP contribution is -2.39. The fourth-order valence-electron chi connectivity index (χ4n) is 3.72. The standard InChI is InChI=1S/C29H35N3O7/c1-28(2,3)38-25(34)30-22-14-12-20(17-23(22)31-26(35)39-29(4,5)6)13-15-24(33)32-21(18-37-27(32)36)16-19-10-8-7-9-11-19/h7-15,17,21H,16,18H2,1-6H3,(H,30,34)(H,31,35)/b15-13+/t21-/m1/s1. The molecule has 2 N–H and O–H groups in total. The van der Waals surface area contributed by atoms with Crippen LogP contribution in [0.1, 0.15) is 52.7 Å².